The summed E-state index contributed by atoms with van der Waals surface area (Å²) in [6.45, 7) is 1.41. The van der Waals surface area contributed by atoms with E-state index in [0.717, 1.165) is 21.1 Å². The van der Waals surface area contributed by atoms with Crippen LogP contribution in [0.1, 0.15) is 27.8 Å². The number of carbonyl (C=O) groups excluding carboxylic acids is 2. The fourth-order valence-electron chi connectivity index (χ4n) is 3.23. The number of aromatic amines is 2. The third-order valence-electron chi connectivity index (χ3n) is 4.79. The van der Waals surface area contributed by atoms with E-state index < -0.39 is 35.9 Å². The molecule has 14 heteroatoms. The molecular weight excluding hydrogens is 445 g/mol. The topological polar surface area (TPSA) is 143 Å². The molecule has 1 atom stereocenters. The van der Waals surface area contributed by atoms with Gasteiger partial charge in [0.1, 0.15) is 11.9 Å². The van der Waals surface area contributed by atoms with E-state index in [1.807, 2.05) is 24.3 Å². The number of aromatic nitrogens is 7. The lowest BCUT2D eigenvalue weighted by Crippen LogP contribution is -2.43. The standard InChI is InChI=1S/C19H17F3N8O3/c1-9-24-14(29-30(9)18-26-17(27-28-18)19(20,21)22)15(31)25-13(16(32)33-2)7-10-8-23-12-6-4-3-5-11(10)12/h3-6,8,13,23H,7H2,1-2H3,(H,25,31)(H,26,27,28). The van der Waals surface area contributed by atoms with E-state index in [1.165, 1.54) is 14.0 Å². The zero-order valence-electron chi connectivity index (χ0n) is 17.3. The van der Waals surface area contributed by atoms with Crippen LogP contribution in [-0.4, -0.2) is 60.0 Å². The van der Waals surface area contributed by atoms with Gasteiger partial charge in [-0.25, -0.2) is 9.78 Å². The molecule has 0 saturated carbocycles. The third-order valence-corrected chi connectivity index (χ3v) is 4.79. The third kappa shape index (κ3) is 4.40. The van der Waals surface area contributed by atoms with Crippen molar-refractivity contribution in [1.29, 1.82) is 0 Å². The minimum Gasteiger partial charge on any atom is -0.467 e. The number of para-hydroxylation sites is 1. The van der Waals surface area contributed by atoms with E-state index in [-0.39, 0.29) is 18.1 Å². The minimum absolute atomic E-state index is 0.0686. The summed E-state index contributed by atoms with van der Waals surface area (Å²) in [5.74, 6) is -3.57. The van der Waals surface area contributed by atoms with Crippen LogP contribution < -0.4 is 5.32 Å². The highest BCUT2D eigenvalue weighted by molar-refractivity contribution is 5.94. The second-order valence-electron chi connectivity index (χ2n) is 6.99. The number of hydrogen-bond acceptors (Lipinski definition) is 7. The SMILES string of the molecule is COC(=O)C(Cc1c[nH]c2ccccc12)NC(=O)c1nc(C)n(-c2n[nH]c(C(F)(F)F)n2)n1. The molecule has 0 aliphatic heterocycles. The second kappa shape index (κ2) is 8.37. The Balaban J connectivity index is 1.56. The van der Waals surface area contributed by atoms with Crippen molar-refractivity contribution in [2.45, 2.75) is 25.6 Å². The van der Waals surface area contributed by atoms with Crippen LogP contribution in [0.5, 0.6) is 0 Å². The number of nitrogens with one attached hydrogen (secondary N) is 3. The molecule has 0 saturated heterocycles. The average molecular weight is 462 g/mol. The van der Waals surface area contributed by atoms with Crippen LogP contribution in [0, 0.1) is 6.92 Å². The van der Waals surface area contributed by atoms with Crippen LogP contribution in [0.4, 0.5) is 13.2 Å². The monoisotopic (exact) mass is 462 g/mol. The maximum Gasteiger partial charge on any atom is 0.451 e. The molecule has 0 radical (unpaired) electrons. The van der Waals surface area contributed by atoms with E-state index >= 15 is 0 Å². The molecule has 0 spiro atoms. The molecule has 4 rings (SSSR count). The lowest BCUT2D eigenvalue weighted by molar-refractivity contribution is -0.145. The van der Waals surface area contributed by atoms with Crippen molar-refractivity contribution < 1.29 is 27.5 Å². The molecule has 1 amide bonds. The molecule has 0 aliphatic carbocycles. The van der Waals surface area contributed by atoms with Crippen molar-refractivity contribution in [3.05, 3.63) is 53.5 Å². The van der Waals surface area contributed by atoms with E-state index in [0.29, 0.717) is 0 Å². The van der Waals surface area contributed by atoms with Crippen LogP contribution >= 0.6 is 0 Å². The van der Waals surface area contributed by atoms with Crippen LogP contribution in [-0.2, 0) is 22.1 Å². The predicted molar refractivity (Wildman–Crippen MR) is 106 cm³/mol. The van der Waals surface area contributed by atoms with Crippen molar-refractivity contribution in [2.24, 2.45) is 0 Å². The fraction of sp³-hybridized carbons (Fsp3) is 0.263. The largest absolute Gasteiger partial charge is 0.467 e. The van der Waals surface area contributed by atoms with Gasteiger partial charge in [-0.15, -0.1) is 10.2 Å². The lowest BCUT2D eigenvalue weighted by atomic mass is 10.0. The van der Waals surface area contributed by atoms with Gasteiger partial charge in [-0.2, -0.15) is 22.8 Å². The molecule has 0 fully saturated rings. The lowest BCUT2D eigenvalue weighted by Gasteiger charge is -2.15. The van der Waals surface area contributed by atoms with Gasteiger partial charge in [-0.1, -0.05) is 18.2 Å². The van der Waals surface area contributed by atoms with Gasteiger partial charge < -0.3 is 15.0 Å². The fourth-order valence-corrected chi connectivity index (χ4v) is 3.23. The summed E-state index contributed by atoms with van der Waals surface area (Å²) in [6.07, 6.45) is -2.88. The summed E-state index contributed by atoms with van der Waals surface area (Å²) in [4.78, 5) is 35.4. The van der Waals surface area contributed by atoms with Gasteiger partial charge in [-0.05, 0) is 18.6 Å². The first-order valence-electron chi connectivity index (χ1n) is 9.54. The highest BCUT2D eigenvalue weighted by Crippen LogP contribution is 2.26. The number of methoxy groups -OCH3 is 1. The summed E-state index contributed by atoms with van der Waals surface area (Å²) >= 11 is 0. The maximum absolute atomic E-state index is 12.8. The Labute approximate surface area is 183 Å². The first kappa shape index (κ1) is 22.0. The molecular formula is C19H17F3N8O3. The molecule has 1 aromatic carbocycles. The number of hydrogen-bond donors (Lipinski definition) is 3. The maximum atomic E-state index is 12.8. The van der Waals surface area contributed by atoms with Crippen LogP contribution in [0.25, 0.3) is 16.9 Å². The van der Waals surface area contributed by atoms with Gasteiger partial charge in [-0.3, -0.25) is 9.89 Å². The Morgan fingerprint density at radius 2 is 2.00 bits per heavy atom. The normalized spacial score (nSPS) is 12.6. The number of nitrogens with zero attached hydrogens (tertiary/aromatic N) is 5. The molecule has 11 nitrogen and oxygen atoms in total. The number of rotatable bonds is 6. The molecule has 4 aromatic rings. The number of fused-ring (bicyclic) bond motifs is 1. The number of alkyl halides is 3. The molecule has 33 heavy (non-hydrogen) atoms. The summed E-state index contributed by atoms with van der Waals surface area (Å²) in [5, 5.41) is 12.5. The van der Waals surface area contributed by atoms with Gasteiger partial charge in [0.05, 0.1) is 7.11 Å². The Bertz CT molecular complexity index is 1320. The molecule has 3 aromatic heterocycles. The van der Waals surface area contributed by atoms with Gasteiger partial charge in [0.15, 0.2) is 0 Å². The highest BCUT2D eigenvalue weighted by Gasteiger charge is 2.36. The quantitative estimate of drug-likeness (QED) is 0.370. The zero-order chi connectivity index (χ0) is 23.8. The molecule has 0 aliphatic rings. The van der Waals surface area contributed by atoms with E-state index in [1.54, 1.807) is 11.3 Å². The smallest absolute Gasteiger partial charge is 0.451 e. The number of H-pyrrole nitrogens is 2. The predicted octanol–water partition coefficient (Wildman–Crippen LogP) is 1.71. The van der Waals surface area contributed by atoms with Crippen molar-refractivity contribution in [3.63, 3.8) is 0 Å². The highest BCUT2D eigenvalue weighted by atomic mass is 19.4. The van der Waals surface area contributed by atoms with Crippen LogP contribution in [0.2, 0.25) is 0 Å². The number of esters is 1. The summed E-state index contributed by atoms with van der Waals surface area (Å²) < 4.78 is 44.0. The number of carbonyl (C=O) groups is 2. The summed E-state index contributed by atoms with van der Waals surface area (Å²) in [7, 11) is 1.19. The Morgan fingerprint density at radius 3 is 2.70 bits per heavy atom. The first-order valence-corrected chi connectivity index (χ1v) is 9.54. The zero-order valence-corrected chi connectivity index (χ0v) is 17.3. The van der Waals surface area contributed by atoms with Gasteiger partial charge in [0.25, 0.3) is 11.9 Å². The molecule has 0 bridgehead atoms. The van der Waals surface area contributed by atoms with Crippen LogP contribution in [0.15, 0.2) is 30.5 Å². The number of amides is 1. The number of aryl methyl sites for hydroxylation is 1. The first-order chi connectivity index (χ1) is 15.7. The van der Waals surface area contributed by atoms with Crippen molar-refractivity contribution in [2.75, 3.05) is 7.11 Å². The average Bonchev–Trinajstić information content (AvgIpc) is 3.50. The Kier molecular flexibility index (Phi) is 5.57. The molecule has 172 valence electrons. The van der Waals surface area contributed by atoms with Crippen molar-refractivity contribution >= 4 is 22.8 Å². The molecule has 3 N–H and O–H groups in total. The van der Waals surface area contributed by atoms with Crippen molar-refractivity contribution in [3.8, 4) is 5.95 Å². The molecule has 1 unspecified atom stereocenters. The second-order valence-corrected chi connectivity index (χ2v) is 6.99. The number of halogens is 3. The van der Waals surface area contributed by atoms with Gasteiger partial charge in [0, 0.05) is 23.5 Å². The summed E-state index contributed by atoms with van der Waals surface area (Å²) in [5.41, 5.74) is 1.64. The number of ether oxygens (including phenoxy) is 1. The van der Waals surface area contributed by atoms with Crippen molar-refractivity contribution in [1.82, 2.24) is 40.2 Å². The number of benzene rings is 1. The van der Waals surface area contributed by atoms with Gasteiger partial charge in [0.2, 0.25) is 11.6 Å². The minimum atomic E-state index is -4.73. The van der Waals surface area contributed by atoms with Gasteiger partial charge >= 0.3 is 12.1 Å². The summed E-state index contributed by atoms with van der Waals surface area (Å²) in [6, 6.07) is 6.39. The Morgan fingerprint density at radius 1 is 1.24 bits per heavy atom. The van der Waals surface area contributed by atoms with E-state index in [9.17, 15) is 22.8 Å². The Hall–Kier alpha value is -4.23. The molecule has 3 heterocycles. The van der Waals surface area contributed by atoms with Crippen LogP contribution in [0.3, 0.4) is 0 Å². The van der Waals surface area contributed by atoms with E-state index in [2.05, 4.69) is 30.5 Å². The van der Waals surface area contributed by atoms with E-state index in [4.69, 9.17) is 4.74 Å².